The zero-order chi connectivity index (χ0) is 23.8. The molecule has 0 saturated heterocycles. The Bertz CT molecular complexity index is 1140. The molecular weight excluding hydrogens is 432 g/mol. The van der Waals surface area contributed by atoms with E-state index < -0.39 is 23.6 Å². The summed E-state index contributed by atoms with van der Waals surface area (Å²) in [6, 6.07) is 10.6. The summed E-state index contributed by atoms with van der Waals surface area (Å²) >= 11 is 0. The van der Waals surface area contributed by atoms with E-state index in [-0.39, 0.29) is 17.2 Å². The van der Waals surface area contributed by atoms with Crippen LogP contribution in [0, 0.1) is 17.6 Å². The predicted molar refractivity (Wildman–Crippen MR) is 130 cm³/mol. The molecule has 34 heavy (non-hydrogen) atoms. The highest BCUT2D eigenvalue weighted by Crippen LogP contribution is 2.50. The maximum absolute atomic E-state index is 15.6. The van der Waals surface area contributed by atoms with Crippen molar-refractivity contribution >= 4 is 17.6 Å². The fourth-order valence-electron chi connectivity index (χ4n) is 6.25. The van der Waals surface area contributed by atoms with Gasteiger partial charge in [-0.25, -0.2) is 13.6 Å². The first kappa shape index (κ1) is 23.0. The summed E-state index contributed by atoms with van der Waals surface area (Å²) in [7, 11) is 0. The van der Waals surface area contributed by atoms with E-state index >= 15 is 8.78 Å². The molecule has 1 fully saturated rings. The van der Waals surface area contributed by atoms with Gasteiger partial charge in [0, 0.05) is 24.2 Å². The van der Waals surface area contributed by atoms with E-state index in [0.29, 0.717) is 12.3 Å². The van der Waals surface area contributed by atoms with Crippen molar-refractivity contribution in [2.45, 2.75) is 64.0 Å². The minimum atomic E-state index is -1.15. The fourth-order valence-corrected chi connectivity index (χ4v) is 6.25. The normalized spacial score (nSPS) is 23.4. The summed E-state index contributed by atoms with van der Waals surface area (Å²) in [5.41, 5.74) is 5.10. The predicted octanol–water partition coefficient (Wildman–Crippen LogP) is 6.79. The second-order valence-electron chi connectivity index (χ2n) is 10.1. The van der Waals surface area contributed by atoms with E-state index in [1.165, 1.54) is 67.0 Å². The highest BCUT2D eigenvalue weighted by molar-refractivity contribution is 5.85. The molecule has 1 aliphatic heterocycles. The Kier molecular flexibility index (Phi) is 6.39. The number of hydrogen-bond acceptors (Lipinski definition) is 2. The van der Waals surface area contributed by atoms with Crippen LogP contribution >= 0.6 is 0 Å². The summed E-state index contributed by atoms with van der Waals surface area (Å²) in [5.74, 6) is -1.82. The lowest BCUT2D eigenvalue weighted by Crippen LogP contribution is -2.44. The average Bonchev–Trinajstić information content (AvgIpc) is 3.18. The molecule has 2 aromatic carbocycles. The lowest BCUT2D eigenvalue weighted by molar-refractivity contribution is -0.131. The van der Waals surface area contributed by atoms with Gasteiger partial charge in [-0.1, -0.05) is 43.5 Å². The second kappa shape index (κ2) is 9.46. The summed E-state index contributed by atoms with van der Waals surface area (Å²) < 4.78 is 31.2. The van der Waals surface area contributed by atoms with Gasteiger partial charge in [0.25, 0.3) is 0 Å². The molecule has 0 amide bonds. The summed E-state index contributed by atoms with van der Waals surface area (Å²) in [5, 5.41) is 8.89. The molecule has 2 atom stereocenters. The van der Waals surface area contributed by atoms with Crippen LogP contribution in [-0.4, -0.2) is 28.6 Å². The van der Waals surface area contributed by atoms with Gasteiger partial charge in [0.1, 0.15) is 11.6 Å². The van der Waals surface area contributed by atoms with Gasteiger partial charge in [0.05, 0.1) is 6.04 Å². The Hall–Kier alpha value is -2.79. The third kappa shape index (κ3) is 4.34. The van der Waals surface area contributed by atoms with E-state index in [0.717, 1.165) is 24.6 Å². The van der Waals surface area contributed by atoms with Crippen molar-refractivity contribution in [3.05, 3.63) is 81.9 Å². The van der Waals surface area contributed by atoms with Crippen LogP contribution in [0.4, 0.5) is 8.78 Å². The molecule has 0 unspecified atom stereocenters. The molecule has 2 aliphatic carbocycles. The molecule has 0 spiro atoms. The lowest BCUT2D eigenvalue weighted by Gasteiger charge is -2.44. The number of hydrogen-bond donors (Lipinski definition) is 1. The Morgan fingerprint density at radius 2 is 1.82 bits per heavy atom. The van der Waals surface area contributed by atoms with Crippen molar-refractivity contribution < 1.29 is 18.7 Å². The zero-order valence-electron chi connectivity index (χ0n) is 19.6. The van der Waals surface area contributed by atoms with Crippen LogP contribution in [0.2, 0.25) is 0 Å². The smallest absolute Gasteiger partial charge is 0.328 e. The first-order valence-electron chi connectivity index (χ1n) is 12.4. The molecule has 178 valence electrons. The van der Waals surface area contributed by atoms with Gasteiger partial charge < -0.3 is 5.11 Å². The summed E-state index contributed by atoms with van der Waals surface area (Å²) in [6.45, 7) is 3.03. The van der Waals surface area contributed by atoms with Crippen LogP contribution in [0.1, 0.15) is 73.7 Å². The summed E-state index contributed by atoms with van der Waals surface area (Å²) in [4.78, 5) is 13.2. The molecule has 0 aromatic heterocycles. The average molecular weight is 464 g/mol. The highest BCUT2D eigenvalue weighted by Gasteiger charge is 2.41. The van der Waals surface area contributed by atoms with E-state index in [4.69, 9.17) is 5.11 Å². The number of halogens is 2. The first-order chi connectivity index (χ1) is 16.4. The van der Waals surface area contributed by atoms with Crippen LogP contribution in [-0.2, 0) is 11.2 Å². The van der Waals surface area contributed by atoms with E-state index in [9.17, 15) is 4.79 Å². The molecule has 1 N–H and O–H groups in total. The van der Waals surface area contributed by atoms with Crippen molar-refractivity contribution in [1.82, 2.24) is 4.90 Å². The fraction of sp³-hybridized carbons (Fsp3) is 0.414. The monoisotopic (exact) mass is 463 g/mol. The van der Waals surface area contributed by atoms with Crippen molar-refractivity contribution in [2.75, 3.05) is 6.54 Å². The Balaban J connectivity index is 1.59. The van der Waals surface area contributed by atoms with Crippen LogP contribution in [0.5, 0.6) is 0 Å². The SMILES string of the molecule is C[C@@H]1CC2=C(Cc3ccccc32)[C@@H](c2c(F)cc(/C=C/C(=O)O)cc2F)N1CC1CCCCC1. The highest BCUT2D eigenvalue weighted by atomic mass is 19.1. The third-order valence-corrected chi connectivity index (χ3v) is 7.83. The van der Waals surface area contributed by atoms with E-state index in [2.05, 4.69) is 24.0 Å². The maximum atomic E-state index is 15.6. The number of fused-ring (bicyclic) bond motifs is 2. The van der Waals surface area contributed by atoms with Crippen LogP contribution in [0.15, 0.2) is 48.0 Å². The largest absolute Gasteiger partial charge is 0.478 e. The van der Waals surface area contributed by atoms with Crippen molar-refractivity contribution in [3.8, 4) is 0 Å². The van der Waals surface area contributed by atoms with Gasteiger partial charge in [0.2, 0.25) is 0 Å². The molecule has 1 saturated carbocycles. The van der Waals surface area contributed by atoms with Crippen molar-refractivity contribution in [1.29, 1.82) is 0 Å². The van der Waals surface area contributed by atoms with E-state index in [1.54, 1.807) is 0 Å². The molecular formula is C29H31F2NO2. The molecule has 2 aromatic rings. The van der Waals surface area contributed by atoms with Crippen molar-refractivity contribution in [3.63, 3.8) is 0 Å². The van der Waals surface area contributed by atoms with Crippen LogP contribution < -0.4 is 0 Å². The van der Waals surface area contributed by atoms with Gasteiger partial charge in [-0.15, -0.1) is 0 Å². The Morgan fingerprint density at radius 3 is 2.53 bits per heavy atom. The second-order valence-corrected chi connectivity index (χ2v) is 10.1. The minimum Gasteiger partial charge on any atom is -0.478 e. The number of carboxylic acids is 1. The van der Waals surface area contributed by atoms with Gasteiger partial charge in [-0.3, -0.25) is 4.90 Å². The molecule has 0 bridgehead atoms. The number of carbonyl (C=O) groups is 1. The number of benzene rings is 2. The number of carboxylic acid groups (broad SMARTS) is 1. The molecule has 3 aliphatic rings. The lowest BCUT2D eigenvalue weighted by atomic mass is 9.82. The third-order valence-electron chi connectivity index (χ3n) is 7.83. The minimum absolute atomic E-state index is 0.0927. The molecule has 5 rings (SSSR count). The molecule has 0 radical (unpaired) electrons. The van der Waals surface area contributed by atoms with Gasteiger partial charge in [-0.2, -0.15) is 0 Å². The number of aliphatic carboxylic acids is 1. The topological polar surface area (TPSA) is 40.5 Å². The zero-order valence-corrected chi connectivity index (χ0v) is 19.6. The van der Waals surface area contributed by atoms with Crippen LogP contribution in [0.3, 0.4) is 0 Å². The van der Waals surface area contributed by atoms with E-state index in [1.807, 2.05) is 12.1 Å². The molecule has 1 heterocycles. The van der Waals surface area contributed by atoms with Gasteiger partial charge in [-0.05, 0) is 84.6 Å². The van der Waals surface area contributed by atoms with Gasteiger partial charge in [0.15, 0.2) is 0 Å². The standard InChI is InChI=1S/C29H31F2NO2/c1-18-13-23-22-10-6-5-9-21(22)16-24(23)29(32(18)17-19-7-3-2-4-8-19)28-25(30)14-20(15-26(28)31)11-12-27(33)34/h5-6,9-12,14-15,18-19,29H,2-4,7-8,13,16-17H2,1H3,(H,33,34)/b12-11+/t18-,29+/m1/s1. The van der Waals surface area contributed by atoms with Crippen LogP contribution in [0.25, 0.3) is 11.6 Å². The molecule has 5 heteroatoms. The molecule has 3 nitrogen and oxygen atoms in total. The Labute approximate surface area is 199 Å². The van der Waals surface area contributed by atoms with Crippen molar-refractivity contribution in [2.24, 2.45) is 5.92 Å². The number of nitrogens with zero attached hydrogens (tertiary/aromatic N) is 1. The number of rotatable bonds is 5. The Morgan fingerprint density at radius 1 is 1.12 bits per heavy atom. The first-order valence-corrected chi connectivity index (χ1v) is 12.4. The summed E-state index contributed by atoms with van der Waals surface area (Å²) in [6.07, 6.45) is 9.81. The van der Waals surface area contributed by atoms with Gasteiger partial charge >= 0.3 is 5.97 Å². The maximum Gasteiger partial charge on any atom is 0.328 e. The quantitative estimate of drug-likeness (QED) is 0.497.